The third-order valence-corrected chi connectivity index (χ3v) is 8.41. The SMILES string of the molecule is NC(=O)C(c1ccccc1)N1OC2C(=O)N(c3ccccc3)C(=O)C2C1c1c2ccccc2c(Cl)c2ccccc12. The van der Waals surface area contributed by atoms with Crippen molar-refractivity contribution in [2.45, 2.75) is 18.2 Å². The minimum Gasteiger partial charge on any atom is -0.368 e. The fourth-order valence-electron chi connectivity index (χ4n) is 6.29. The van der Waals surface area contributed by atoms with Crippen LogP contribution in [0, 0.1) is 5.92 Å². The average molecular weight is 562 g/mol. The second-order valence-electron chi connectivity index (χ2n) is 10.2. The van der Waals surface area contributed by atoms with Crippen LogP contribution in [0.1, 0.15) is 23.2 Å². The Morgan fingerprint density at radius 3 is 1.80 bits per heavy atom. The van der Waals surface area contributed by atoms with E-state index in [-0.39, 0.29) is 0 Å². The van der Waals surface area contributed by atoms with E-state index >= 15 is 0 Å². The molecule has 2 aliphatic rings. The Labute approximate surface area is 240 Å². The van der Waals surface area contributed by atoms with E-state index < -0.39 is 41.8 Å². The molecule has 0 radical (unpaired) electrons. The summed E-state index contributed by atoms with van der Waals surface area (Å²) < 4.78 is 0. The molecule has 8 heteroatoms. The Balaban J connectivity index is 1.51. The molecule has 5 aromatic rings. The van der Waals surface area contributed by atoms with E-state index in [0.717, 1.165) is 27.1 Å². The highest BCUT2D eigenvalue weighted by Gasteiger charge is 2.62. The fraction of sp³-hybridized carbons (Fsp3) is 0.121. The van der Waals surface area contributed by atoms with Crippen LogP contribution in [0.4, 0.5) is 5.69 Å². The lowest BCUT2D eigenvalue weighted by atomic mass is 9.84. The van der Waals surface area contributed by atoms with Crippen molar-refractivity contribution in [3.8, 4) is 0 Å². The molecule has 2 heterocycles. The second kappa shape index (κ2) is 9.82. The molecule has 4 unspecified atom stereocenters. The van der Waals surface area contributed by atoms with E-state index in [2.05, 4.69) is 0 Å². The molecule has 7 rings (SSSR count). The van der Waals surface area contributed by atoms with Crippen LogP contribution >= 0.6 is 11.6 Å². The van der Waals surface area contributed by atoms with Gasteiger partial charge in [-0.3, -0.25) is 19.2 Å². The number of hydrogen-bond donors (Lipinski definition) is 1. The van der Waals surface area contributed by atoms with Gasteiger partial charge in [0.2, 0.25) is 11.8 Å². The number of carbonyl (C=O) groups excluding carboxylic acids is 3. The molecule has 41 heavy (non-hydrogen) atoms. The number of rotatable bonds is 5. The first kappa shape index (κ1) is 25.4. The van der Waals surface area contributed by atoms with Crippen LogP contribution in [0.15, 0.2) is 109 Å². The first-order valence-electron chi connectivity index (χ1n) is 13.3. The van der Waals surface area contributed by atoms with Gasteiger partial charge in [0, 0.05) is 10.8 Å². The van der Waals surface area contributed by atoms with Gasteiger partial charge in [-0.25, -0.2) is 4.90 Å². The molecule has 4 atom stereocenters. The number of imide groups is 1. The largest absolute Gasteiger partial charge is 0.368 e. The van der Waals surface area contributed by atoms with Crippen LogP contribution in [-0.4, -0.2) is 28.9 Å². The molecule has 0 bridgehead atoms. The number of anilines is 1. The monoisotopic (exact) mass is 561 g/mol. The fourth-order valence-corrected chi connectivity index (χ4v) is 6.62. The normalized spacial score (nSPS) is 21.5. The van der Waals surface area contributed by atoms with Crippen molar-refractivity contribution in [3.05, 3.63) is 125 Å². The number of halogens is 1. The summed E-state index contributed by atoms with van der Waals surface area (Å²) in [5.74, 6) is -2.50. The highest BCUT2D eigenvalue weighted by Crippen LogP contribution is 2.52. The molecular formula is C33H24ClN3O4. The van der Waals surface area contributed by atoms with Gasteiger partial charge in [0.05, 0.1) is 22.7 Å². The quantitative estimate of drug-likeness (QED) is 0.219. The number of benzene rings is 5. The Morgan fingerprint density at radius 2 is 1.24 bits per heavy atom. The standard InChI is InChI=1S/C33H24ClN3O4/c34-27-23-17-9-7-15-21(23)25(22-16-8-10-18-24(22)27)29-26-30(33(40)36(32(26)39)20-13-5-2-6-14-20)41-37(29)28(31(35)38)19-11-3-1-4-12-19/h1-18,26,28-30H,(H2,35,38). The van der Waals surface area contributed by atoms with Crippen molar-refractivity contribution in [1.29, 1.82) is 0 Å². The van der Waals surface area contributed by atoms with Gasteiger partial charge < -0.3 is 5.73 Å². The number of hydroxylamine groups is 2. The number of para-hydroxylation sites is 1. The minimum absolute atomic E-state index is 0.405. The maximum Gasteiger partial charge on any atom is 0.265 e. The molecule has 0 saturated carbocycles. The predicted octanol–water partition coefficient (Wildman–Crippen LogP) is 5.72. The summed E-state index contributed by atoms with van der Waals surface area (Å²) in [6.45, 7) is 0. The Bertz CT molecular complexity index is 1790. The minimum atomic E-state index is -1.15. The van der Waals surface area contributed by atoms with Gasteiger partial charge in [-0.2, -0.15) is 5.06 Å². The molecule has 2 aliphatic heterocycles. The molecule has 0 aliphatic carbocycles. The van der Waals surface area contributed by atoms with Crippen molar-refractivity contribution in [2.24, 2.45) is 11.7 Å². The molecule has 2 N–H and O–H groups in total. The Morgan fingerprint density at radius 1 is 0.732 bits per heavy atom. The third kappa shape index (κ3) is 3.85. The summed E-state index contributed by atoms with van der Waals surface area (Å²) in [4.78, 5) is 48.8. The maximum absolute atomic E-state index is 14.3. The molecule has 3 amide bonds. The summed E-state index contributed by atoms with van der Waals surface area (Å²) in [5, 5.41) is 5.22. The van der Waals surface area contributed by atoms with E-state index in [1.165, 1.54) is 9.96 Å². The average Bonchev–Trinajstić information content (AvgIpc) is 3.49. The van der Waals surface area contributed by atoms with E-state index in [0.29, 0.717) is 16.3 Å². The van der Waals surface area contributed by atoms with Crippen molar-refractivity contribution in [1.82, 2.24) is 5.06 Å². The van der Waals surface area contributed by atoms with Crippen LogP contribution in [0.3, 0.4) is 0 Å². The molecule has 2 saturated heterocycles. The van der Waals surface area contributed by atoms with Crippen molar-refractivity contribution in [2.75, 3.05) is 4.90 Å². The highest BCUT2D eigenvalue weighted by atomic mass is 35.5. The smallest absolute Gasteiger partial charge is 0.265 e. The van der Waals surface area contributed by atoms with Gasteiger partial charge >= 0.3 is 0 Å². The van der Waals surface area contributed by atoms with Crippen LogP contribution in [0.25, 0.3) is 21.5 Å². The lowest BCUT2D eigenvalue weighted by Crippen LogP contribution is -2.42. The summed E-state index contributed by atoms with van der Waals surface area (Å²) >= 11 is 6.92. The zero-order valence-corrected chi connectivity index (χ0v) is 22.4. The zero-order valence-electron chi connectivity index (χ0n) is 21.7. The van der Waals surface area contributed by atoms with Gasteiger partial charge in [-0.05, 0) is 34.0 Å². The molecule has 2 fully saturated rings. The number of hydrogen-bond acceptors (Lipinski definition) is 5. The summed E-state index contributed by atoms with van der Waals surface area (Å²) in [6, 6.07) is 31.2. The van der Waals surface area contributed by atoms with Crippen LogP contribution in [0.5, 0.6) is 0 Å². The van der Waals surface area contributed by atoms with Gasteiger partial charge in [0.15, 0.2) is 6.10 Å². The van der Waals surface area contributed by atoms with Crippen LogP contribution < -0.4 is 10.6 Å². The molecule has 0 spiro atoms. The lowest BCUT2D eigenvalue weighted by molar-refractivity contribution is -0.196. The van der Waals surface area contributed by atoms with E-state index in [9.17, 15) is 14.4 Å². The van der Waals surface area contributed by atoms with E-state index in [4.69, 9.17) is 22.2 Å². The number of amides is 3. The van der Waals surface area contributed by atoms with Gasteiger partial charge in [0.1, 0.15) is 6.04 Å². The maximum atomic E-state index is 14.3. The van der Waals surface area contributed by atoms with Gasteiger partial charge in [-0.1, -0.05) is 109 Å². The first-order valence-corrected chi connectivity index (χ1v) is 13.7. The highest BCUT2D eigenvalue weighted by molar-refractivity contribution is 6.41. The number of primary amides is 1. The Kier molecular flexibility index (Phi) is 6.08. The summed E-state index contributed by atoms with van der Waals surface area (Å²) in [6.07, 6.45) is -1.15. The van der Waals surface area contributed by atoms with Crippen molar-refractivity contribution in [3.63, 3.8) is 0 Å². The zero-order chi connectivity index (χ0) is 28.2. The first-order chi connectivity index (χ1) is 20.0. The third-order valence-electron chi connectivity index (χ3n) is 8.00. The Hall–Kier alpha value is -4.56. The topological polar surface area (TPSA) is 92.9 Å². The molecule has 202 valence electrons. The molecule has 7 nitrogen and oxygen atoms in total. The summed E-state index contributed by atoms with van der Waals surface area (Å²) in [7, 11) is 0. The molecular weight excluding hydrogens is 538 g/mol. The number of fused-ring (bicyclic) bond motifs is 3. The number of nitrogens with zero attached hydrogens (tertiary/aromatic N) is 2. The van der Waals surface area contributed by atoms with Crippen molar-refractivity contribution >= 4 is 56.6 Å². The van der Waals surface area contributed by atoms with E-state index in [1.54, 1.807) is 48.5 Å². The van der Waals surface area contributed by atoms with E-state index in [1.807, 2.05) is 60.7 Å². The van der Waals surface area contributed by atoms with Gasteiger partial charge in [0.25, 0.3) is 5.91 Å². The lowest BCUT2D eigenvalue weighted by Gasteiger charge is -2.33. The predicted molar refractivity (Wildman–Crippen MR) is 157 cm³/mol. The van der Waals surface area contributed by atoms with Crippen molar-refractivity contribution < 1.29 is 19.2 Å². The van der Waals surface area contributed by atoms with Crippen LogP contribution in [0.2, 0.25) is 5.02 Å². The summed E-state index contributed by atoms with van der Waals surface area (Å²) in [5.41, 5.74) is 7.81. The van der Waals surface area contributed by atoms with Crippen LogP contribution in [-0.2, 0) is 19.2 Å². The second-order valence-corrected chi connectivity index (χ2v) is 10.6. The molecule has 0 aromatic heterocycles. The number of carbonyl (C=O) groups is 3. The molecule has 5 aromatic carbocycles. The number of nitrogens with two attached hydrogens (primary N) is 1. The van der Waals surface area contributed by atoms with Gasteiger partial charge in [-0.15, -0.1) is 0 Å².